The van der Waals surface area contributed by atoms with Crippen LogP contribution in [0.25, 0.3) is 0 Å². The molecule has 2 aliphatic heterocycles. The summed E-state index contributed by atoms with van der Waals surface area (Å²) >= 11 is 0. The van der Waals surface area contributed by atoms with E-state index in [1.54, 1.807) is 42.5 Å². The van der Waals surface area contributed by atoms with E-state index in [9.17, 15) is 13.2 Å². The van der Waals surface area contributed by atoms with Crippen molar-refractivity contribution in [1.29, 1.82) is 0 Å². The zero-order valence-electron chi connectivity index (χ0n) is 15.8. The number of amides is 1. The molecule has 0 spiro atoms. The molecule has 1 N–H and O–H groups in total. The van der Waals surface area contributed by atoms with E-state index in [-0.39, 0.29) is 16.9 Å². The molecule has 28 heavy (non-hydrogen) atoms. The lowest BCUT2D eigenvalue weighted by Crippen LogP contribution is -2.31. The number of aryl methyl sites for hydroxylation is 1. The van der Waals surface area contributed by atoms with E-state index in [0.29, 0.717) is 30.8 Å². The highest BCUT2D eigenvalue weighted by molar-refractivity contribution is 7.92. The number of rotatable bonds is 5. The highest BCUT2D eigenvalue weighted by atomic mass is 32.2. The number of fused-ring (bicyclic) bond motifs is 1. The summed E-state index contributed by atoms with van der Waals surface area (Å²) in [4.78, 5) is 12.7. The molecule has 0 radical (unpaired) electrons. The number of carbonyl (C=O) groups is 1. The molecule has 148 valence electrons. The third-order valence-electron chi connectivity index (χ3n) is 5.32. The van der Waals surface area contributed by atoms with Gasteiger partial charge in [-0.2, -0.15) is 0 Å². The van der Waals surface area contributed by atoms with Gasteiger partial charge in [0.1, 0.15) is 0 Å². The van der Waals surface area contributed by atoms with Gasteiger partial charge >= 0.3 is 0 Å². The van der Waals surface area contributed by atoms with Crippen LogP contribution in [0, 0.1) is 6.92 Å². The number of benzene rings is 2. The quantitative estimate of drug-likeness (QED) is 0.837. The van der Waals surface area contributed by atoms with Crippen molar-refractivity contribution in [3.05, 3.63) is 59.2 Å². The van der Waals surface area contributed by atoms with Gasteiger partial charge in [-0.1, -0.05) is 17.7 Å². The van der Waals surface area contributed by atoms with Crippen molar-refractivity contribution in [2.75, 3.05) is 24.0 Å². The van der Waals surface area contributed by atoms with E-state index in [1.165, 1.54) is 4.31 Å². The van der Waals surface area contributed by atoms with Crippen LogP contribution in [-0.4, -0.2) is 40.1 Å². The van der Waals surface area contributed by atoms with Crippen LogP contribution in [0.4, 0.5) is 5.69 Å². The summed E-state index contributed by atoms with van der Waals surface area (Å²) in [7, 11) is -3.61. The lowest BCUT2D eigenvalue weighted by atomic mass is 10.1. The van der Waals surface area contributed by atoms with Crippen LogP contribution >= 0.6 is 0 Å². The van der Waals surface area contributed by atoms with Crippen molar-refractivity contribution in [3.63, 3.8) is 0 Å². The normalized spacial score (nSPS) is 18.9. The second-order valence-electron chi connectivity index (χ2n) is 7.33. The molecule has 2 aliphatic rings. The highest BCUT2D eigenvalue weighted by Crippen LogP contribution is 2.33. The standard InChI is InChI=1S/C21H24N2O4S/c1-15-4-7-19(8-5-15)28(25,26)23-11-10-16-13-17(6-9-20(16)23)21(24)22-14-18-3-2-12-27-18/h4-9,13,18H,2-3,10-12,14H2,1H3,(H,22,24). The molecule has 0 aliphatic carbocycles. The van der Waals surface area contributed by atoms with Crippen molar-refractivity contribution < 1.29 is 17.9 Å². The van der Waals surface area contributed by atoms with Crippen molar-refractivity contribution in [2.45, 2.75) is 37.2 Å². The first-order chi connectivity index (χ1) is 13.4. The van der Waals surface area contributed by atoms with Crippen LogP contribution in [0.3, 0.4) is 0 Å². The molecule has 7 heteroatoms. The molecule has 1 fully saturated rings. The van der Waals surface area contributed by atoms with Crippen LogP contribution < -0.4 is 9.62 Å². The third kappa shape index (κ3) is 3.64. The maximum atomic E-state index is 13.0. The smallest absolute Gasteiger partial charge is 0.264 e. The molecular formula is C21H24N2O4S. The predicted molar refractivity (Wildman–Crippen MR) is 107 cm³/mol. The summed E-state index contributed by atoms with van der Waals surface area (Å²) in [6.45, 7) is 3.56. The van der Waals surface area contributed by atoms with Crippen LogP contribution in [0.5, 0.6) is 0 Å². The number of carbonyl (C=O) groups excluding carboxylic acids is 1. The van der Waals surface area contributed by atoms with Gasteiger partial charge in [0.2, 0.25) is 0 Å². The summed E-state index contributed by atoms with van der Waals surface area (Å²) < 4.78 is 33.0. The maximum Gasteiger partial charge on any atom is 0.264 e. The molecule has 2 aromatic carbocycles. The highest BCUT2D eigenvalue weighted by Gasteiger charge is 2.31. The Hall–Kier alpha value is -2.38. The molecule has 1 amide bonds. The van der Waals surface area contributed by atoms with Gasteiger partial charge in [-0.3, -0.25) is 9.10 Å². The van der Waals surface area contributed by atoms with Gasteiger partial charge < -0.3 is 10.1 Å². The summed E-state index contributed by atoms with van der Waals surface area (Å²) in [5.74, 6) is -0.154. The summed E-state index contributed by atoms with van der Waals surface area (Å²) in [6, 6.07) is 12.1. The predicted octanol–water partition coefficient (Wildman–Crippen LogP) is 2.66. The Morgan fingerprint density at radius 2 is 2.00 bits per heavy atom. The minimum atomic E-state index is -3.61. The first-order valence-electron chi connectivity index (χ1n) is 9.57. The van der Waals surface area contributed by atoms with E-state index >= 15 is 0 Å². The maximum absolute atomic E-state index is 13.0. The van der Waals surface area contributed by atoms with Crippen molar-refractivity contribution in [2.24, 2.45) is 0 Å². The molecule has 2 aromatic rings. The summed E-state index contributed by atoms with van der Waals surface area (Å²) in [6.07, 6.45) is 2.68. The van der Waals surface area contributed by atoms with Crippen LogP contribution in [0.1, 0.15) is 34.3 Å². The van der Waals surface area contributed by atoms with Gasteiger partial charge in [0.25, 0.3) is 15.9 Å². The van der Waals surface area contributed by atoms with Gasteiger partial charge in [0.05, 0.1) is 16.7 Å². The Morgan fingerprint density at radius 1 is 1.21 bits per heavy atom. The van der Waals surface area contributed by atoms with Crippen LogP contribution in [-0.2, 0) is 21.2 Å². The van der Waals surface area contributed by atoms with Crippen molar-refractivity contribution in [3.8, 4) is 0 Å². The van der Waals surface area contributed by atoms with Gasteiger partial charge in [-0.25, -0.2) is 8.42 Å². The molecule has 0 bridgehead atoms. The number of nitrogens with zero attached hydrogens (tertiary/aromatic N) is 1. The lowest BCUT2D eigenvalue weighted by molar-refractivity contribution is 0.0857. The molecule has 0 aromatic heterocycles. The number of anilines is 1. The van der Waals surface area contributed by atoms with E-state index in [0.717, 1.165) is 30.6 Å². The average molecular weight is 401 g/mol. The number of hydrogen-bond acceptors (Lipinski definition) is 4. The molecule has 1 unspecified atom stereocenters. The Balaban J connectivity index is 1.51. The average Bonchev–Trinajstić information content (AvgIpc) is 3.35. The van der Waals surface area contributed by atoms with E-state index in [2.05, 4.69) is 5.32 Å². The Kier molecular flexibility index (Phi) is 5.12. The largest absolute Gasteiger partial charge is 0.376 e. The molecular weight excluding hydrogens is 376 g/mol. The fourth-order valence-electron chi connectivity index (χ4n) is 3.71. The van der Waals surface area contributed by atoms with E-state index in [4.69, 9.17) is 4.74 Å². The lowest BCUT2D eigenvalue weighted by Gasteiger charge is -2.20. The number of ether oxygens (including phenoxy) is 1. The molecule has 6 nitrogen and oxygen atoms in total. The number of sulfonamides is 1. The number of hydrogen-bond donors (Lipinski definition) is 1. The summed E-state index contributed by atoms with van der Waals surface area (Å²) in [5.41, 5.74) is 3.09. The van der Waals surface area contributed by atoms with Gasteiger partial charge in [-0.15, -0.1) is 0 Å². The van der Waals surface area contributed by atoms with Gasteiger partial charge in [-0.05, 0) is 62.1 Å². The van der Waals surface area contributed by atoms with Crippen LogP contribution in [0.15, 0.2) is 47.4 Å². The first kappa shape index (κ1) is 19.0. The van der Waals surface area contributed by atoms with E-state index < -0.39 is 10.0 Å². The second-order valence-corrected chi connectivity index (χ2v) is 9.19. The molecule has 1 saturated heterocycles. The topological polar surface area (TPSA) is 75.7 Å². The zero-order chi connectivity index (χ0) is 19.7. The monoisotopic (exact) mass is 400 g/mol. The van der Waals surface area contributed by atoms with Crippen LogP contribution in [0.2, 0.25) is 0 Å². The second kappa shape index (κ2) is 7.56. The van der Waals surface area contributed by atoms with Crippen molar-refractivity contribution >= 4 is 21.6 Å². The fraction of sp³-hybridized carbons (Fsp3) is 0.381. The SMILES string of the molecule is Cc1ccc(S(=O)(=O)N2CCc3cc(C(=O)NCC4CCCO4)ccc32)cc1. The number of nitrogens with one attached hydrogen (secondary N) is 1. The summed E-state index contributed by atoms with van der Waals surface area (Å²) in [5, 5.41) is 2.91. The fourth-order valence-corrected chi connectivity index (χ4v) is 5.22. The Labute approximate surface area is 165 Å². The Morgan fingerprint density at radius 3 is 2.71 bits per heavy atom. The molecule has 2 heterocycles. The molecule has 0 saturated carbocycles. The molecule has 4 rings (SSSR count). The van der Waals surface area contributed by atoms with E-state index in [1.807, 2.05) is 6.92 Å². The van der Waals surface area contributed by atoms with Gasteiger partial charge in [0.15, 0.2) is 0 Å². The minimum absolute atomic E-state index is 0.0912. The molecule has 1 atom stereocenters. The van der Waals surface area contributed by atoms with Gasteiger partial charge in [0, 0.05) is 25.3 Å². The third-order valence-corrected chi connectivity index (χ3v) is 7.15. The zero-order valence-corrected chi connectivity index (χ0v) is 16.7. The Bertz CT molecular complexity index is 980. The van der Waals surface area contributed by atoms with Crippen molar-refractivity contribution in [1.82, 2.24) is 5.32 Å². The minimum Gasteiger partial charge on any atom is -0.376 e. The first-order valence-corrected chi connectivity index (χ1v) is 11.0.